The summed E-state index contributed by atoms with van der Waals surface area (Å²) in [5.41, 5.74) is 1.28. The highest BCUT2D eigenvalue weighted by Gasteiger charge is 2.33. The van der Waals surface area contributed by atoms with Crippen molar-refractivity contribution in [2.45, 2.75) is 51.2 Å². The van der Waals surface area contributed by atoms with Crippen LogP contribution in [0.1, 0.15) is 43.2 Å². The van der Waals surface area contributed by atoms with Gasteiger partial charge in [-0.2, -0.15) is 0 Å². The van der Waals surface area contributed by atoms with E-state index >= 15 is 0 Å². The van der Waals surface area contributed by atoms with E-state index in [9.17, 15) is 9.90 Å². The van der Waals surface area contributed by atoms with Gasteiger partial charge in [-0.3, -0.25) is 4.79 Å². The van der Waals surface area contributed by atoms with Gasteiger partial charge < -0.3 is 15.2 Å². The minimum absolute atomic E-state index is 0.1000. The van der Waals surface area contributed by atoms with Crippen LogP contribution in [0.3, 0.4) is 0 Å². The lowest BCUT2D eigenvalue weighted by Crippen LogP contribution is -2.34. The molecule has 1 aliphatic rings. The van der Waals surface area contributed by atoms with Crippen molar-refractivity contribution in [3.8, 4) is 5.75 Å². The first-order valence-electron chi connectivity index (χ1n) is 7.15. The van der Waals surface area contributed by atoms with Gasteiger partial charge in [0.2, 0.25) is 5.91 Å². The lowest BCUT2D eigenvalue weighted by Gasteiger charge is -2.21. The molecule has 1 amide bonds. The molecule has 1 aromatic carbocycles. The predicted octanol–water partition coefficient (Wildman–Crippen LogP) is 2.32. The number of amides is 1. The topological polar surface area (TPSA) is 58.6 Å². The molecule has 0 atom stereocenters. The normalized spacial score (nSPS) is 16.9. The molecule has 2 rings (SSSR count). The van der Waals surface area contributed by atoms with E-state index in [1.807, 2.05) is 25.1 Å². The Kier molecular flexibility index (Phi) is 4.65. The average molecular weight is 277 g/mol. The maximum absolute atomic E-state index is 11.9. The van der Waals surface area contributed by atoms with E-state index in [0.717, 1.165) is 42.6 Å². The van der Waals surface area contributed by atoms with Gasteiger partial charge in [-0.05, 0) is 31.4 Å². The fourth-order valence-corrected chi connectivity index (χ4v) is 2.76. The molecule has 1 aromatic rings. The number of rotatable bonds is 5. The molecule has 0 radical (unpaired) electrons. The van der Waals surface area contributed by atoms with Crippen molar-refractivity contribution in [2.75, 3.05) is 7.11 Å². The van der Waals surface area contributed by atoms with Crippen LogP contribution in [0.4, 0.5) is 0 Å². The summed E-state index contributed by atoms with van der Waals surface area (Å²) in [5.74, 6) is 0.682. The van der Waals surface area contributed by atoms with Crippen molar-refractivity contribution in [2.24, 2.45) is 0 Å². The Morgan fingerprint density at radius 3 is 2.75 bits per heavy atom. The zero-order chi connectivity index (χ0) is 14.6. The van der Waals surface area contributed by atoms with E-state index in [0.29, 0.717) is 6.54 Å². The molecule has 0 bridgehead atoms. The standard InChI is InChI=1S/C16H23NO3/c1-12-5-6-13(14(9-12)20-2)11-17-15(18)10-16(19)7-3-4-8-16/h5-6,9,19H,3-4,7-8,10-11H2,1-2H3,(H,17,18). The number of carbonyl (C=O) groups excluding carboxylic acids is 1. The van der Waals surface area contributed by atoms with Crippen LogP contribution in [0.2, 0.25) is 0 Å². The van der Waals surface area contributed by atoms with Crippen molar-refractivity contribution in [1.29, 1.82) is 0 Å². The van der Waals surface area contributed by atoms with Gasteiger partial charge in [-0.1, -0.05) is 25.0 Å². The highest BCUT2D eigenvalue weighted by Crippen LogP contribution is 2.32. The number of carbonyl (C=O) groups is 1. The molecule has 0 aromatic heterocycles. The molecule has 0 saturated heterocycles. The number of aliphatic hydroxyl groups is 1. The van der Waals surface area contributed by atoms with Crippen LogP contribution < -0.4 is 10.1 Å². The minimum atomic E-state index is -0.790. The largest absolute Gasteiger partial charge is 0.496 e. The molecule has 1 saturated carbocycles. The molecule has 0 heterocycles. The second-order valence-corrected chi connectivity index (χ2v) is 5.70. The summed E-state index contributed by atoms with van der Waals surface area (Å²) in [7, 11) is 1.63. The second-order valence-electron chi connectivity index (χ2n) is 5.70. The first-order chi connectivity index (χ1) is 9.52. The van der Waals surface area contributed by atoms with Crippen molar-refractivity contribution >= 4 is 5.91 Å². The molecular formula is C16H23NO3. The highest BCUT2D eigenvalue weighted by atomic mass is 16.5. The molecule has 4 heteroatoms. The van der Waals surface area contributed by atoms with Gasteiger partial charge in [0, 0.05) is 12.1 Å². The van der Waals surface area contributed by atoms with Crippen molar-refractivity contribution in [3.05, 3.63) is 29.3 Å². The molecule has 1 fully saturated rings. The SMILES string of the molecule is COc1cc(C)ccc1CNC(=O)CC1(O)CCCC1. The highest BCUT2D eigenvalue weighted by molar-refractivity contribution is 5.77. The zero-order valence-corrected chi connectivity index (χ0v) is 12.2. The third-order valence-corrected chi connectivity index (χ3v) is 3.94. The minimum Gasteiger partial charge on any atom is -0.496 e. The number of nitrogens with one attached hydrogen (secondary N) is 1. The Labute approximate surface area is 120 Å². The number of hydrogen-bond donors (Lipinski definition) is 2. The first kappa shape index (κ1) is 14.9. The Morgan fingerprint density at radius 2 is 2.10 bits per heavy atom. The second kappa shape index (κ2) is 6.27. The summed E-state index contributed by atoms with van der Waals surface area (Å²) in [6, 6.07) is 5.90. The van der Waals surface area contributed by atoms with Gasteiger partial charge in [0.1, 0.15) is 5.75 Å². The van der Waals surface area contributed by atoms with Crippen LogP contribution in [0, 0.1) is 6.92 Å². The molecule has 4 nitrogen and oxygen atoms in total. The summed E-state index contributed by atoms with van der Waals surface area (Å²) in [4.78, 5) is 11.9. The van der Waals surface area contributed by atoms with Crippen LogP contribution in [0.5, 0.6) is 5.75 Å². The van der Waals surface area contributed by atoms with Crippen molar-refractivity contribution in [1.82, 2.24) is 5.32 Å². The number of methoxy groups -OCH3 is 1. The van der Waals surface area contributed by atoms with Crippen LogP contribution in [-0.2, 0) is 11.3 Å². The summed E-state index contributed by atoms with van der Waals surface area (Å²) in [6.45, 7) is 2.43. The monoisotopic (exact) mass is 277 g/mol. The summed E-state index contributed by atoms with van der Waals surface area (Å²) in [5, 5.41) is 13.1. The number of benzene rings is 1. The van der Waals surface area contributed by atoms with Gasteiger partial charge in [-0.25, -0.2) is 0 Å². The molecule has 110 valence electrons. The molecular weight excluding hydrogens is 254 g/mol. The Hall–Kier alpha value is -1.55. The maximum atomic E-state index is 11.9. The Bertz CT molecular complexity index is 479. The molecule has 1 aliphatic carbocycles. The smallest absolute Gasteiger partial charge is 0.223 e. The number of aryl methyl sites for hydroxylation is 1. The van der Waals surface area contributed by atoms with E-state index in [4.69, 9.17) is 4.74 Å². The van der Waals surface area contributed by atoms with E-state index in [1.54, 1.807) is 7.11 Å². The van der Waals surface area contributed by atoms with E-state index in [-0.39, 0.29) is 12.3 Å². The zero-order valence-electron chi connectivity index (χ0n) is 12.2. The predicted molar refractivity (Wildman–Crippen MR) is 77.6 cm³/mol. The van der Waals surface area contributed by atoms with Gasteiger partial charge in [0.05, 0.1) is 19.1 Å². The van der Waals surface area contributed by atoms with Crippen LogP contribution >= 0.6 is 0 Å². The third kappa shape index (κ3) is 3.73. The van der Waals surface area contributed by atoms with Gasteiger partial charge in [0.25, 0.3) is 0 Å². The Balaban J connectivity index is 1.90. The van der Waals surface area contributed by atoms with E-state index in [1.165, 1.54) is 0 Å². The van der Waals surface area contributed by atoms with Crippen molar-refractivity contribution in [3.63, 3.8) is 0 Å². The van der Waals surface area contributed by atoms with Crippen molar-refractivity contribution < 1.29 is 14.6 Å². The number of hydrogen-bond acceptors (Lipinski definition) is 3. The molecule has 0 spiro atoms. The summed E-state index contributed by atoms with van der Waals surface area (Å²) in [6.07, 6.45) is 3.68. The summed E-state index contributed by atoms with van der Waals surface area (Å²) >= 11 is 0. The Morgan fingerprint density at radius 1 is 1.40 bits per heavy atom. The van der Waals surface area contributed by atoms with Gasteiger partial charge in [-0.15, -0.1) is 0 Å². The number of ether oxygens (including phenoxy) is 1. The van der Waals surface area contributed by atoms with Gasteiger partial charge >= 0.3 is 0 Å². The van der Waals surface area contributed by atoms with Crippen LogP contribution in [0.25, 0.3) is 0 Å². The van der Waals surface area contributed by atoms with Crippen LogP contribution in [-0.4, -0.2) is 23.7 Å². The molecule has 20 heavy (non-hydrogen) atoms. The lowest BCUT2D eigenvalue weighted by molar-refractivity contribution is -0.126. The average Bonchev–Trinajstić information content (AvgIpc) is 2.83. The molecule has 2 N–H and O–H groups in total. The maximum Gasteiger partial charge on any atom is 0.223 e. The molecule has 0 aliphatic heterocycles. The third-order valence-electron chi connectivity index (χ3n) is 3.94. The quantitative estimate of drug-likeness (QED) is 0.868. The van der Waals surface area contributed by atoms with Gasteiger partial charge in [0.15, 0.2) is 0 Å². The molecule has 0 unspecified atom stereocenters. The fourth-order valence-electron chi connectivity index (χ4n) is 2.76. The van der Waals surface area contributed by atoms with E-state index < -0.39 is 5.60 Å². The first-order valence-corrected chi connectivity index (χ1v) is 7.15. The van der Waals surface area contributed by atoms with E-state index in [2.05, 4.69) is 5.32 Å². The lowest BCUT2D eigenvalue weighted by atomic mass is 9.97. The fraction of sp³-hybridized carbons (Fsp3) is 0.562. The summed E-state index contributed by atoms with van der Waals surface area (Å²) < 4.78 is 5.31. The van der Waals surface area contributed by atoms with Crippen LogP contribution in [0.15, 0.2) is 18.2 Å².